The Balaban J connectivity index is 1.69. The molecular weight excluding hydrogens is 382 g/mol. The van der Waals surface area contributed by atoms with Crippen molar-refractivity contribution in [1.82, 2.24) is 4.90 Å². The Morgan fingerprint density at radius 1 is 1.32 bits per heavy atom. The molecule has 1 fully saturated rings. The number of hydrogen-bond acceptors (Lipinski definition) is 6. The van der Waals surface area contributed by atoms with Gasteiger partial charge in [-0.25, -0.2) is 4.79 Å². The molecule has 0 atom stereocenters. The van der Waals surface area contributed by atoms with Crippen LogP contribution in [0.2, 0.25) is 0 Å². The van der Waals surface area contributed by atoms with Crippen LogP contribution >= 0.6 is 11.3 Å². The molecule has 9 heteroatoms. The fraction of sp³-hybridized carbons (Fsp3) is 0.421. The molecule has 3 heterocycles. The van der Waals surface area contributed by atoms with Crippen molar-refractivity contribution in [3.05, 3.63) is 29.3 Å². The first-order valence-electron chi connectivity index (χ1n) is 9.21. The molecule has 0 aromatic carbocycles. The fourth-order valence-corrected chi connectivity index (χ4v) is 4.14. The van der Waals surface area contributed by atoms with Crippen LogP contribution in [0.4, 0.5) is 5.00 Å². The number of hydrogen-bond donors (Lipinski definition) is 2. The van der Waals surface area contributed by atoms with E-state index in [1.54, 1.807) is 36.3 Å². The van der Waals surface area contributed by atoms with Crippen LogP contribution < -0.4 is 10.2 Å². The molecule has 1 saturated heterocycles. The van der Waals surface area contributed by atoms with Gasteiger partial charge in [0.15, 0.2) is 6.54 Å². The van der Waals surface area contributed by atoms with Gasteiger partial charge in [0.1, 0.15) is 16.3 Å². The molecule has 2 N–H and O–H groups in total. The summed E-state index contributed by atoms with van der Waals surface area (Å²) in [5.74, 6) is -0.0602. The van der Waals surface area contributed by atoms with E-state index < -0.39 is 5.97 Å². The second-order valence-electron chi connectivity index (χ2n) is 6.53. The Morgan fingerprint density at radius 3 is 2.68 bits per heavy atom. The molecule has 0 saturated carbocycles. The van der Waals surface area contributed by atoms with E-state index in [0.29, 0.717) is 35.0 Å². The van der Waals surface area contributed by atoms with Gasteiger partial charge in [0.2, 0.25) is 5.91 Å². The topological polar surface area (TPSA) is 93.3 Å². The SMILES string of the molecule is CCOC(=O)c1c(-c2ccco2)csc1NC(=O)C[NH+]1CCN(C(C)=O)CC1. The first-order chi connectivity index (χ1) is 13.5. The summed E-state index contributed by atoms with van der Waals surface area (Å²) in [6, 6.07) is 3.50. The van der Waals surface area contributed by atoms with Crippen LogP contribution in [0.1, 0.15) is 24.2 Å². The van der Waals surface area contributed by atoms with Gasteiger partial charge < -0.3 is 24.3 Å². The van der Waals surface area contributed by atoms with Crippen LogP contribution in [0, 0.1) is 0 Å². The monoisotopic (exact) mass is 406 g/mol. The number of anilines is 1. The highest BCUT2D eigenvalue weighted by molar-refractivity contribution is 7.15. The molecule has 0 unspecified atom stereocenters. The maximum Gasteiger partial charge on any atom is 0.341 e. The van der Waals surface area contributed by atoms with Crippen LogP contribution in [0.3, 0.4) is 0 Å². The maximum absolute atomic E-state index is 12.5. The average Bonchev–Trinajstić information content (AvgIpc) is 3.31. The quantitative estimate of drug-likeness (QED) is 0.695. The summed E-state index contributed by atoms with van der Waals surface area (Å²) in [5, 5.41) is 5.08. The summed E-state index contributed by atoms with van der Waals surface area (Å²) in [4.78, 5) is 39.3. The van der Waals surface area contributed by atoms with E-state index in [4.69, 9.17) is 9.15 Å². The number of furan rings is 1. The smallest absolute Gasteiger partial charge is 0.341 e. The zero-order valence-electron chi connectivity index (χ0n) is 15.9. The number of nitrogens with zero attached hydrogens (tertiary/aromatic N) is 1. The summed E-state index contributed by atoms with van der Waals surface area (Å²) in [7, 11) is 0. The van der Waals surface area contributed by atoms with Gasteiger partial charge in [-0.1, -0.05) is 0 Å². The highest BCUT2D eigenvalue weighted by atomic mass is 32.1. The fourth-order valence-electron chi connectivity index (χ4n) is 3.18. The van der Waals surface area contributed by atoms with Crippen molar-refractivity contribution in [3.63, 3.8) is 0 Å². The number of quaternary nitrogens is 1. The van der Waals surface area contributed by atoms with Crippen LogP contribution in [0.5, 0.6) is 0 Å². The molecule has 0 bridgehead atoms. The lowest BCUT2D eigenvalue weighted by molar-refractivity contribution is -0.895. The molecule has 0 spiro atoms. The molecule has 0 aliphatic carbocycles. The van der Waals surface area contributed by atoms with Gasteiger partial charge in [0.25, 0.3) is 5.91 Å². The lowest BCUT2D eigenvalue weighted by Gasteiger charge is -2.31. The molecule has 2 aromatic rings. The summed E-state index contributed by atoms with van der Waals surface area (Å²) in [5.41, 5.74) is 0.915. The molecule has 2 aromatic heterocycles. The molecule has 0 radical (unpaired) electrons. The lowest BCUT2D eigenvalue weighted by atomic mass is 10.1. The Kier molecular flexibility index (Phi) is 6.48. The number of rotatable bonds is 6. The molecule has 2 amide bonds. The number of carbonyl (C=O) groups is 3. The zero-order chi connectivity index (χ0) is 20.1. The van der Waals surface area contributed by atoms with Crippen LogP contribution in [-0.4, -0.2) is 62.0 Å². The van der Waals surface area contributed by atoms with E-state index in [9.17, 15) is 14.4 Å². The van der Waals surface area contributed by atoms with Gasteiger partial charge in [-0.2, -0.15) is 0 Å². The molecule has 8 nitrogen and oxygen atoms in total. The maximum atomic E-state index is 12.5. The van der Waals surface area contributed by atoms with E-state index in [1.807, 2.05) is 0 Å². The minimum atomic E-state index is -0.493. The Labute approximate surface area is 167 Å². The number of thiophene rings is 1. The molecule has 1 aliphatic rings. The lowest BCUT2D eigenvalue weighted by Crippen LogP contribution is -3.15. The predicted molar refractivity (Wildman–Crippen MR) is 104 cm³/mol. The second-order valence-corrected chi connectivity index (χ2v) is 7.41. The first kappa shape index (κ1) is 20.1. The molecular formula is C19H24N3O5S+. The van der Waals surface area contributed by atoms with E-state index in [2.05, 4.69) is 5.32 Å². The standard InChI is InChI=1S/C19H23N3O5S/c1-3-26-19(25)17-14(15-5-4-10-27-15)12-28-18(17)20-16(24)11-21-6-8-22(9-7-21)13(2)23/h4-5,10,12H,3,6-9,11H2,1-2H3,(H,20,24)/p+1. The summed E-state index contributed by atoms with van der Waals surface area (Å²) < 4.78 is 10.6. The van der Waals surface area contributed by atoms with Crippen molar-refractivity contribution in [2.75, 3.05) is 44.6 Å². The van der Waals surface area contributed by atoms with Crippen LogP contribution in [0.15, 0.2) is 28.2 Å². The van der Waals surface area contributed by atoms with E-state index in [-0.39, 0.29) is 25.0 Å². The van der Waals surface area contributed by atoms with Gasteiger partial charge in [0.05, 0.1) is 39.0 Å². The average molecular weight is 406 g/mol. The number of carbonyl (C=O) groups excluding carboxylic acids is 3. The minimum absolute atomic E-state index is 0.0617. The van der Waals surface area contributed by atoms with Crippen LogP contribution in [0.25, 0.3) is 11.3 Å². The number of amides is 2. The molecule has 3 rings (SSSR count). The van der Waals surface area contributed by atoms with Gasteiger partial charge in [0, 0.05) is 17.9 Å². The minimum Gasteiger partial charge on any atom is -0.464 e. The summed E-state index contributed by atoms with van der Waals surface area (Å²) >= 11 is 1.27. The normalized spacial score (nSPS) is 14.7. The van der Waals surface area contributed by atoms with Gasteiger partial charge in [-0.15, -0.1) is 11.3 Å². The second kappa shape index (κ2) is 9.03. The van der Waals surface area contributed by atoms with Gasteiger partial charge in [-0.05, 0) is 19.1 Å². The highest BCUT2D eigenvalue weighted by Gasteiger charge is 2.27. The number of piperazine rings is 1. The van der Waals surface area contributed by atoms with Crippen molar-refractivity contribution in [1.29, 1.82) is 0 Å². The Bertz CT molecular complexity index is 838. The largest absolute Gasteiger partial charge is 0.464 e. The number of nitrogens with one attached hydrogen (secondary N) is 2. The molecule has 28 heavy (non-hydrogen) atoms. The highest BCUT2D eigenvalue weighted by Crippen LogP contribution is 2.36. The van der Waals surface area contributed by atoms with Crippen molar-refractivity contribution >= 4 is 34.1 Å². The van der Waals surface area contributed by atoms with Gasteiger partial charge >= 0.3 is 5.97 Å². The summed E-state index contributed by atoms with van der Waals surface area (Å²) in [6.45, 7) is 6.55. The Hall–Kier alpha value is -2.65. The third-order valence-electron chi connectivity index (χ3n) is 4.64. The van der Waals surface area contributed by atoms with Crippen molar-refractivity contribution in [3.8, 4) is 11.3 Å². The summed E-state index contributed by atoms with van der Waals surface area (Å²) in [6.07, 6.45) is 1.53. The zero-order valence-corrected chi connectivity index (χ0v) is 16.8. The number of ether oxygens (including phenoxy) is 1. The molecule has 1 aliphatic heterocycles. The predicted octanol–water partition coefficient (Wildman–Crippen LogP) is 0.870. The third kappa shape index (κ3) is 4.60. The van der Waals surface area contributed by atoms with Crippen LogP contribution in [-0.2, 0) is 14.3 Å². The molecule has 150 valence electrons. The van der Waals surface area contributed by atoms with Crippen molar-refractivity contribution < 1.29 is 28.4 Å². The van der Waals surface area contributed by atoms with E-state index >= 15 is 0 Å². The van der Waals surface area contributed by atoms with E-state index in [0.717, 1.165) is 18.0 Å². The number of esters is 1. The Morgan fingerprint density at radius 2 is 2.07 bits per heavy atom. The van der Waals surface area contributed by atoms with Gasteiger partial charge in [-0.3, -0.25) is 9.59 Å². The first-order valence-corrected chi connectivity index (χ1v) is 10.1. The van der Waals surface area contributed by atoms with E-state index in [1.165, 1.54) is 17.6 Å². The van der Waals surface area contributed by atoms with Crippen molar-refractivity contribution in [2.24, 2.45) is 0 Å². The third-order valence-corrected chi connectivity index (χ3v) is 5.53. The van der Waals surface area contributed by atoms with Crippen molar-refractivity contribution in [2.45, 2.75) is 13.8 Å².